The van der Waals surface area contributed by atoms with Crippen LogP contribution in [0, 0.1) is 0 Å². The molecule has 2 aliphatic rings. The second-order valence-electron chi connectivity index (χ2n) is 6.82. The zero-order valence-electron chi connectivity index (χ0n) is 15.3. The van der Waals surface area contributed by atoms with Crippen LogP contribution in [0.15, 0.2) is 42.9 Å². The molecule has 3 heterocycles. The highest BCUT2D eigenvalue weighted by Gasteiger charge is 2.35. The van der Waals surface area contributed by atoms with Crippen molar-refractivity contribution in [3.05, 3.63) is 54.0 Å². The van der Waals surface area contributed by atoms with Crippen molar-refractivity contribution < 1.29 is 19.1 Å². The van der Waals surface area contributed by atoms with Crippen LogP contribution in [-0.2, 0) is 4.79 Å². The maximum absolute atomic E-state index is 12.5. The average Bonchev–Trinajstić information content (AvgIpc) is 3.28. The normalized spacial score (nSPS) is 18.5. The summed E-state index contributed by atoms with van der Waals surface area (Å²) >= 11 is 0. The zero-order valence-corrected chi connectivity index (χ0v) is 15.3. The Balaban J connectivity index is 1.24. The van der Waals surface area contributed by atoms with Crippen molar-refractivity contribution in [3.63, 3.8) is 0 Å². The van der Waals surface area contributed by atoms with Gasteiger partial charge < -0.3 is 9.64 Å². The van der Waals surface area contributed by atoms with Gasteiger partial charge in [-0.05, 0) is 18.6 Å². The Morgan fingerprint density at radius 1 is 1.14 bits per heavy atom. The largest absolute Gasteiger partial charge is 0.471 e. The third-order valence-corrected chi connectivity index (χ3v) is 4.98. The van der Waals surface area contributed by atoms with Gasteiger partial charge in [-0.2, -0.15) is 0 Å². The van der Waals surface area contributed by atoms with Gasteiger partial charge >= 0.3 is 0 Å². The monoisotopic (exact) mass is 380 g/mol. The number of aromatic nitrogens is 2. The van der Waals surface area contributed by atoms with Crippen molar-refractivity contribution in [2.45, 2.75) is 25.4 Å². The van der Waals surface area contributed by atoms with E-state index >= 15 is 0 Å². The predicted molar refractivity (Wildman–Crippen MR) is 98.7 cm³/mol. The summed E-state index contributed by atoms with van der Waals surface area (Å²) < 4.78 is 5.74. The lowest BCUT2D eigenvalue weighted by Crippen LogP contribution is -2.33. The molecule has 2 aliphatic heterocycles. The van der Waals surface area contributed by atoms with E-state index in [0.717, 1.165) is 6.42 Å². The third kappa shape index (κ3) is 3.58. The van der Waals surface area contributed by atoms with Gasteiger partial charge in [-0.15, -0.1) is 0 Å². The second kappa shape index (κ2) is 7.75. The number of likely N-dealkylation sites (tertiary alicyclic amines) is 1. The summed E-state index contributed by atoms with van der Waals surface area (Å²) in [5, 5.41) is 0. The van der Waals surface area contributed by atoms with Crippen molar-refractivity contribution in [1.29, 1.82) is 0 Å². The van der Waals surface area contributed by atoms with E-state index in [1.165, 1.54) is 4.90 Å². The van der Waals surface area contributed by atoms with Crippen molar-refractivity contribution in [2.24, 2.45) is 0 Å². The van der Waals surface area contributed by atoms with Gasteiger partial charge in [-0.3, -0.25) is 24.3 Å². The highest BCUT2D eigenvalue weighted by molar-refractivity contribution is 6.21. The van der Waals surface area contributed by atoms with E-state index in [1.54, 1.807) is 47.8 Å². The minimum atomic E-state index is -0.286. The van der Waals surface area contributed by atoms with Crippen LogP contribution in [0.5, 0.6) is 5.88 Å². The van der Waals surface area contributed by atoms with Crippen LogP contribution in [0.1, 0.15) is 40.0 Å². The molecule has 144 valence electrons. The molecule has 0 N–H and O–H groups in total. The van der Waals surface area contributed by atoms with E-state index in [2.05, 4.69) is 9.97 Å². The fraction of sp³-hybridized carbons (Fsp3) is 0.350. The summed E-state index contributed by atoms with van der Waals surface area (Å²) in [6, 6.07) is 6.79. The van der Waals surface area contributed by atoms with Gasteiger partial charge in [0.2, 0.25) is 11.8 Å². The molecular weight excluding hydrogens is 360 g/mol. The molecule has 2 aromatic rings. The summed E-state index contributed by atoms with van der Waals surface area (Å²) in [5.74, 6) is -0.118. The number of nitrogens with zero attached hydrogens (tertiary/aromatic N) is 4. The minimum Gasteiger partial charge on any atom is -0.471 e. The van der Waals surface area contributed by atoms with Gasteiger partial charge in [0.25, 0.3) is 11.8 Å². The van der Waals surface area contributed by atoms with Gasteiger partial charge in [-0.1, -0.05) is 12.1 Å². The number of ether oxygens (including phenoxy) is 1. The lowest BCUT2D eigenvalue weighted by molar-refractivity contribution is -0.130. The molecule has 8 nitrogen and oxygen atoms in total. The molecule has 3 amide bonds. The Labute approximate surface area is 162 Å². The van der Waals surface area contributed by atoms with Crippen molar-refractivity contribution in [2.75, 3.05) is 19.6 Å². The molecule has 0 saturated carbocycles. The topological polar surface area (TPSA) is 92.7 Å². The van der Waals surface area contributed by atoms with E-state index < -0.39 is 0 Å². The molecule has 4 rings (SSSR count). The quantitative estimate of drug-likeness (QED) is 0.706. The molecule has 0 aliphatic carbocycles. The van der Waals surface area contributed by atoms with Crippen LogP contribution in [0.25, 0.3) is 0 Å². The Morgan fingerprint density at radius 3 is 2.57 bits per heavy atom. The average molecular weight is 380 g/mol. The molecular formula is C20H20N4O4. The van der Waals surface area contributed by atoms with Crippen molar-refractivity contribution in [3.8, 4) is 5.88 Å². The number of amides is 3. The van der Waals surface area contributed by atoms with Crippen molar-refractivity contribution in [1.82, 2.24) is 19.8 Å². The molecule has 1 saturated heterocycles. The molecule has 0 bridgehead atoms. The van der Waals surface area contributed by atoms with E-state index in [4.69, 9.17) is 4.74 Å². The van der Waals surface area contributed by atoms with E-state index in [1.807, 2.05) is 0 Å². The summed E-state index contributed by atoms with van der Waals surface area (Å²) in [6.45, 7) is 1.37. The minimum absolute atomic E-state index is 0.00172. The Kier molecular flexibility index (Phi) is 5.01. The number of carbonyl (C=O) groups is 3. The number of rotatable bonds is 6. The molecule has 0 spiro atoms. The van der Waals surface area contributed by atoms with Crippen LogP contribution in [-0.4, -0.2) is 63.2 Å². The van der Waals surface area contributed by atoms with Crippen LogP contribution in [0.2, 0.25) is 0 Å². The predicted octanol–water partition coefficient (Wildman–Crippen LogP) is 1.53. The highest BCUT2D eigenvalue weighted by atomic mass is 16.5. The van der Waals surface area contributed by atoms with Gasteiger partial charge in [0.15, 0.2) is 0 Å². The van der Waals surface area contributed by atoms with Crippen molar-refractivity contribution >= 4 is 17.7 Å². The Bertz CT molecular complexity index is 867. The van der Waals surface area contributed by atoms with Crippen LogP contribution < -0.4 is 4.74 Å². The van der Waals surface area contributed by atoms with Crippen LogP contribution >= 0.6 is 0 Å². The number of carbonyl (C=O) groups excluding carboxylic acids is 3. The third-order valence-electron chi connectivity index (χ3n) is 4.98. The van der Waals surface area contributed by atoms with Gasteiger partial charge in [-0.25, -0.2) is 4.98 Å². The summed E-state index contributed by atoms with van der Waals surface area (Å²) in [7, 11) is 0. The fourth-order valence-corrected chi connectivity index (χ4v) is 3.56. The molecule has 1 aromatic carbocycles. The standard InChI is InChI=1S/C20H20N4O4/c25-18(23-11-7-14(13-23)28-17-12-21-8-9-22-17)6-3-10-24-19(26)15-4-1-2-5-16(15)20(24)27/h1-2,4-5,8-9,12,14H,3,6-7,10-11,13H2. The lowest BCUT2D eigenvalue weighted by atomic mass is 10.1. The molecule has 8 heteroatoms. The first-order chi connectivity index (χ1) is 13.6. The molecule has 0 radical (unpaired) electrons. The zero-order chi connectivity index (χ0) is 19.5. The van der Waals surface area contributed by atoms with E-state index in [0.29, 0.717) is 36.5 Å². The van der Waals surface area contributed by atoms with Gasteiger partial charge in [0.05, 0.1) is 23.9 Å². The SMILES string of the molecule is O=C(CCCN1C(=O)c2ccccc2C1=O)N1CCC(Oc2cnccn2)C1. The van der Waals surface area contributed by atoms with Gasteiger partial charge in [0, 0.05) is 38.3 Å². The number of imide groups is 1. The maximum atomic E-state index is 12.5. The molecule has 1 fully saturated rings. The first-order valence-corrected chi connectivity index (χ1v) is 9.29. The first kappa shape index (κ1) is 18.1. The maximum Gasteiger partial charge on any atom is 0.261 e. The molecule has 1 aromatic heterocycles. The first-order valence-electron chi connectivity index (χ1n) is 9.29. The smallest absolute Gasteiger partial charge is 0.261 e. The molecule has 28 heavy (non-hydrogen) atoms. The highest BCUT2D eigenvalue weighted by Crippen LogP contribution is 2.23. The van der Waals surface area contributed by atoms with E-state index in [9.17, 15) is 14.4 Å². The van der Waals surface area contributed by atoms with E-state index in [-0.39, 0.29) is 36.8 Å². The molecule has 1 unspecified atom stereocenters. The van der Waals surface area contributed by atoms with Crippen LogP contribution in [0.4, 0.5) is 0 Å². The number of fused-ring (bicyclic) bond motifs is 1. The molecule has 1 atom stereocenters. The lowest BCUT2D eigenvalue weighted by Gasteiger charge is -2.18. The fourth-order valence-electron chi connectivity index (χ4n) is 3.56. The number of hydrogen-bond acceptors (Lipinski definition) is 6. The Morgan fingerprint density at radius 2 is 1.89 bits per heavy atom. The second-order valence-corrected chi connectivity index (χ2v) is 6.82. The summed E-state index contributed by atoms with van der Waals surface area (Å²) in [5.41, 5.74) is 0.866. The Hall–Kier alpha value is -3.29. The van der Waals surface area contributed by atoms with Crippen LogP contribution in [0.3, 0.4) is 0 Å². The number of hydrogen-bond donors (Lipinski definition) is 0. The summed E-state index contributed by atoms with van der Waals surface area (Å²) in [4.78, 5) is 48.1. The summed E-state index contributed by atoms with van der Waals surface area (Å²) in [6.07, 6.45) is 6.05. The number of benzene rings is 1. The van der Waals surface area contributed by atoms with Gasteiger partial charge in [0.1, 0.15) is 6.10 Å².